The number of hydrogen-bond acceptors (Lipinski definition) is 5. The fourth-order valence-corrected chi connectivity index (χ4v) is 3.06. The molecule has 0 aliphatic rings. The van der Waals surface area contributed by atoms with Crippen LogP contribution < -0.4 is 11.1 Å². The fraction of sp³-hybridized carbons (Fsp3) is 0.353. The van der Waals surface area contributed by atoms with E-state index in [1.54, 1.807) is 44.3 Å². The first kappa shape index (κ1) is 18.8. The van der Waals surface area contributed by atoms with Crippen LogP contribution >= 0.6 is 0 Å². The Bertz CT molecular complexity index is 767. The lowest BCUT2D eigenvalue weighted by atomic mass is 10.1. The summed E-state index contributed by atoms with van der Waals surface area (Å²) in [6, 6.07) is 6.65. The summed E-state index contributed by atoms with van der Waals surface area (Å²) in [7, 11) is -2.31. The molecule has 25 heavy (non-hydrogen) atoms. The van der Waals surface area contributed by atoms with Crippen molar-refractivity contribution in [3.05, 3.63) is 36.6 Å². The van der Waals surface area contributed by atoms with Crippen molar-refractivity contribution in [3.8, 4) is 0 Å². The maximum Gasteiger partial charge on any atom is 0.266 e. The van der Waals surface area contributed by atoms with Crippen molar-refractivity contribution in [2.45, 2.75) is 38.5 Å². The molecule has 0 saturated heterocycles. The zero-order valence-corrected chi connectivity index (χ0v) is 15.5. The molecule has 8 heteroatoms. The topological polar surface area (TPSA) is 115 Å². The largest absolute Gasteiger partial charge is 0.434 e. The number of amides is 2. The maximum absolute atomic E-state index is 12.5. The van der Waals surface area contributed by atoms with E-state index in [1.165, 1.54) is 6.42 Å². The van der Waals surface area contributed by atoms with Crippen LogP contribution in [0.2, 0.25) is 19.1 Å². The van der Waals surface area contributed by atoms with E-state index in [-0.39, 0.29) is 17.2 Å². The molecule has 2 aromatic rings. The summed E-state index contributed by atoms with van der Waals surface area (Å²) in [6.45, 7) is 5.37. The van der Waals surface area contributed by atoms with Gasteiger partial charge in [0.15, 0.2) is 19.2 Å². The number of rotatable bonds is 8. The van der Waals surface area contributed by atoms with Gasteiger partial charge in [0.25, 0.3) is 5.89 Å². The number of ketones is 1. The Kier molecular flexibility index (Phi) is 5.73. The molecule has 0 unspecified atom stereocenters. The first-order chi connectivity index (χ1) is 11.7. The summed E-state index contributed by atoms with van der Waals surface area (Å²) in [6.07, 6.45) is 1.78. The van der Waals surface area contributed by atoms with Gasteiger partial charge in [-0.25, -0.2) is 4.98 Å². The first-order valence-electron chi connectivity index (χ1n) is 8.08. The molecular weight excluding hydrogens is 338 g/mol. The Morgan fingerprint density at radius 2 is 2.00 bits per heavy atom. The molecule has 3 N–H and O–H groups in total. The van der Waals surface area contributed by atoms with Crippen molar-refractivity contribution >= 4 is 36.4 Å². The SMILES string of the molecule is CC[C@H](NC(=O)[CH]C[Si](C)(C)C(N)=O)C(=O)c1nc2ccccc2o1. The van der Waals surface area contributed by atoms with Gasteiger partial charge < -0.3 is 15.5 Å². The fourth-order valence-electron chi connectivity index (χ4n) is 2.16. The number of hydrogen-bond donors (Lipinski definition) is 2. The zero-order valence-electron chi connectivity index (χ0n) is 14.5. The number of benzene rings is 1. The van der Waals surface area contributed by atoms with Crippen LogP contribution in [0.5, 0.6) is 0 Å². The number of para-hydroxylation sites is 2. The van der Waals surface area contributed by atoms with Gasteiger partial charge in [-0.15, -0.1) is 0 Å². The molecule has 1 atom stereocenters. The standard InChI is InChI=1S/C17H22N3O4Si/c1-4-11(19-14(21)9-10-25(2,3)17(18)23)15(22)16-20-12-7-5-6-8-13(12)24-16/h5-9,11H,4,10H2,1-3H3,(H2,18,23)(H,19,21)/t11-/m0/s1. The predicted octanol–water partition coefficient (Wildman–Crippen LogP) is 2.48. The van der Waals surface area contributed by atoms with Crippen LogP contribution in [0.15, 0.2) is 28.7 Å². The monoisotopic (exact) mass is 360 g/mol. The van der Waals surface area contributed by atoms with E-state index in [0.717, 1.165) is 0 Å². The average molecular weight is 360 g/mol. The van der Waals surface area contributed by atoms with Crippen LogP contribution in [0.25, 0.3) is 11.1 Å². The molecule has 0 aliphatic carbocycles. The van der Waals surface area contributed by atoms with Crippen LogP contribution in [0, 0.1) is 6.42 Å². The third-order valence-corrected chi connectivity index (χ3v) is 6.57. The van der Waals surface area contributed by atoms with Gasteiger partial charge in [0, 0.05) is 6.42 Å². The third kappa shape index (κ3) is 4.53. The number of nitrogens with zero attached hydrogens (tertiary/aromatic N) is 1. The number of carbonyl (C=O) groups excluding carboxylic acids is 3. The van der Waals surface area contributed by atoms with E-state index in [0.29, 0.717) is 23.6 Å². The molecule has 0 spiro atoms. The lowest BCUT2D eigenvalue weighted by Crippen LogP contribution is -2.45. The van der Waals surface area contributed by atoms with Crippen LogP contribution in [0.1, 0.15) is 24.0 Å². The normalized spacial score (nSPS) is 12.8. The van der Waals surface area contributed by atoms with Gasteiger partial charge in [-0.05, 0) is 24.6 Å². The second-order valence-electron chi connectivity index (χ2n) is 6.48. The van der Waals surface area contributed by atoms with Crippen LogP contribution in [-0.4, -0.2) is 36.3 Å². The van der Waals surface area contributed by atoms with Gasteiger partial charge in [0.1, 0.15) is 5.52 Å². The first-order valence-corrected chi connectivity index (χ1v) is 11.3. The molecule has 133 valence electrons. The van der Waals surface area contributed by atoms with Gasteiger partial charge in [-0.1, -0.05) is 32.2 Å². The van der Waals surface area contributed by atoms with E-state index in [1.807, 2.05) is 0 Å². The minimum absolute atomic E-state index is 0.0276. The predicted molar refractivity (Wildman–Crippen MR) is 96.7 cm³/mol. The Labute approximate surface area is 147 Å². The number of aromatic nitrogens is 1. The molecule has 0 fully saturated rings. The van der Waals surface area contributed by atoms with Crippen molar-refractivity contribution in [1.29, 1.82) is 0 Å². The molecule has 1 aromatic heterocycles. The van der Waals surface area contributed by atoms with Crippen molar-refractivity contribution in [2.75, 3.05) is 0 Å². The van der Waals surface area contributed by atoms with E-state index >= 15 is 0 Å². The second kappa shape index (κ2) is 7.60. The highest BCUT2D eigenvalue weighted by Crippen LogP contribution is 2.17. The Morgan fingerprint density at radius 3 is 2.60 bits per heavy atom. The van der Waals surface area contributed by atoms with Crippen LogP contribution in [0.4, 0.5) is 4.79 Å². The molecule has 0 bridgehead atoms. The summed E-state index contributed by atoms with van der Waals surface area (Å²) in [5.41, 5.74) is 6.10. The Morgan fingerprint density at radius 1 is 1.32 bits per heavy atom. The van der Waals surface area contributed by atoms with Gasteiger partial charge in [0.05, 0.1) is 6.04 Å². The molecule has 1 radical (unpaired) electrons. The average Bonchev–Trinajstić information content (AvgIpc) is 3.01. The minimum Gasteiger partial charge on any atom is -0.434 e. The molecular formula is C17H22N3O4Si. The lowest BCUT2D eigenvalue weighted by molar-refractivity contribution is -0.118. The number of primary amides is 1. The molecule has 2 rings (SSSR count). The number of Topliss-reactive ketones (excluding diaryl/α,β-unsaturated/α-hetero) is 1. The zero-order chi connectivity index (χ0) is 18.6. The van der Waals surface area contributed by atoms with E-state index in [4.69, 9.17) is 10.2 Å². The highest BCUT2D eigenvalue weighted by atomic mass is 28.3. The van der Waals surface area contributed by atoms with Crippen LogP contribution in [-0.2, 0) is 4.79 Å². The number of nitrogens with two attached hydrogens (primary N) is 1. The molecule has 0 aliphatic heterocycles. The molecule has 7 nitrogen and oxygen atoms in total. The van der Waals surface area contributed by atoms with E-state index in [9.17, 15) is 14.4 Å². The van der Waals surface area contributed by atoms with Gasteiger partial charge in [-0.2, -0.15) is 0 Å². The van der Waals surface area contributed by atoms with Gasteiger partial charge in [-0.3, -0.25) is 14.4 Å². The van der Waals surface area contributed by atoms with Crippen molar-refractivity contribution in [2.24, 2.45) is 5.73 Å². The third-order valence-electron chi connectivity index (χ3n) is 4.01. The quantitative estimate of drug-likeness (QED) is 0.554. The van der Waals surface area contributed by atoms with E-state index in [2.05, 4.69) is 10.3 Å². The summed E-state index contributed by atoms with van der Waals surface area (Å²) in [5.74, 6) is -0.815. The van der Waals surface area contributed by atoms with Crippen molar-refractivity contribution < 1.29 is 18.8 Å². The highest BCUT2D eigenvalue weighted by Gasteiger charge is 2.30. The van der Waals surface area contributed by atoms with Crippen molar-refractivity contribution in [1.82, 2.24) is 10.3 Å². The highest BCUT2D eigenvalue weighted by molar-refractivity contribution is 7.04. The smallest absolute Gasteiger partial charge is 0.266 e. The summed E-state index contributed by atoms with van der Waals surface area (Å²) >= 11 is 0. The molecule has 0 saturated carbocycles. The number of oxazole rings is 1. The lowest BCUT2D eigenvalue weighted by Gasteiger charge is -2.18. The van der Waals surface area contributed by atoms with E-state index < -0.39 is 20.0 Å². The van der Waals surface area contributed by atoms with Gasteiger partial charge >= 0.3 is 0 Å². The minimum atomic E-state index is -2.31. The maximum atomic E-state index is 12.5. The number of carbonyl (C=O) groups is 3. The van der Waals surface area contributed by atoms with Crippen LogP contribution in [0.3, 0.4) is 0 Å². The summed E-state index contributed by atoms with van der Waals surface area (Å²) in [5, 5.41) is 2.65. The number of nitrogens with one attached hydrogen (secondary N) is 1. The number of fused-ring (bicyclic) bond motifs is 1. The molecule has 1 heterocycles. The summed E-state index contributed by atoms with van der Waals surface area (Å²) < 4.78 is 5.46. The van der Waals surface area contributed by atoms with Crippen molar-refractivity contribution in [3.63, 3.8) is 0 Å². The molecule has 1 aromatic carbocycles. The Balaban J connectivity index is 2.02. The summed E-state index contributed by atoms with van der Waals surface area (Å²) in [4.78, 5) is 40.1. The molecule has 2 amide bonds. The van der Waals surface area contributed by atoms with Gasteiger partial charge in [0.2, 0.25) is 11.7 Å². The second-order valence-corrected chi connectivity index (χ2v) is 11.1. The Hall–Kier alpha value is -2.48.